The van der Waals surface area contributed by atoms with Gasteiger partial charge in [-0.15, -0.1) is 0 Å². The molecule has 0 fully saturated rings. The van der Waals surface area contributed by atoms with Crippen LogP contribution in [0.4, 0.5) is 0 Å². The first-order valence-corrected chi connectivity index (χ1v) is 6.86. The zero-order chi connectivity index (χ0) is 15.0. The molecular formula is C15H13ClN4O. The molecule has 2 heterocycles. The van der Waals surface area contributed by atoms with E-state index in [1.165, 1.54) is 0 Å². The smallest absolute Gasteiger partial charge is 0.171 e. The SMILES string of the molecule is Cc1nn(C)c(CC(=O)c2cccc3nccnc23)c1Cl. The van der Waals surface area contributed by atoms with Gasteiger partial charge in [-0.3, -0.25) is 19.4 Å². The molecule has 0 saturated heterocycles. The van der Waals surface area contributed by atoms with Gasteiger partial charge in [0, 0.05) is 25.0 Å². The lowest BCUT2D eigenvalue weighted by atomic mass is 10.0. The van der Waals surface area contributed by atoms with Gasteiger partial charge in [-0.05, 0) is 19.1 Å². The minimum atomic E-state index is -0.0500. The third-order valence-corrected chi connectivity index (χ3v) is 3.88. The molecule has 0 saturated carbocycles. The van der Waals surface area contributed by atoms with E-state index < -0.39 is 0 Å². The summed E-state index contributed by atoms with van der Waals surface area (Å²) in [5, 5.41) is 4.76. The molecule has 0 radical (unpaired) electrons. The maximum absolute atomic E-state index is 12.6. The highest BCUT2D eigenvalue weighted by Gasteiger charge is 2.18. The highest BCUT2D eigenvalue weighted by molar-refractivity contribution is 6.32. The van der Waals surface area contributed by atoms with Crippen molar-refractivity contribution in [3.05, 3.63) is 52.6 Å². The highest BCUT2D eigenvalue weighted by atomic mass is 35.5. The monoisotopic (exact) mass is 300 g/mol. The van der Waals surface area contributed by atoms with Crippen molar-refractivity contribution in [3.63, 3.8) is 0 Å². The topological polar surface area (TPSA) is 60.7 Å². The number of benzene rings is 1. The molecule has 3 aromatic rings. The highest BCUT2D eigenvalue weighted by Crippen LogP contribution is 2.22. The van der Waals surface area contributed by atoms with Crippen molar-refractivity contribution in [1.29, 1.82) is 0 Å². The van der Waals surface area contributed by atoms with E-state index >= 15 is 0 Å². The summed E-state index contributed by atoms with van der Waals surface area (Å²) < 4.78 is 1.65. The van der Waals surface area contributed by atoms with E-state index in [0.717, 1.165) is 5.69 Å². The average Bonchev–Trinajstić information content (AvgIpc) is 2.73. The Labute approximate surface area is 126 Å². The van der Waals surface area contributed by atoms with Gasteiger partial charge in [0.2, 0.25) is 0 Å². The van der Waals surface area contributed by atoms with Gasteiger partial charge >= 0.3 is 0 Å². The Morgan fingerprint density at radius 1 is 1.29 bits per heavy atom. The number of carbonyl (C=O) groups is 1. The largest absolute Gasteiger partial charge is 0.294 e. The minimum Gasteiger partial charge on any atom is -0.294 e. The van der Waals surface area contributed by atoms with Gasteiger partial charge in [0.15, 0.2) is 5.78 Å². The Balaban J connectivity index is 2.02. The van der Waals surface area contributed by atoms with Crippen molar-refractivity contribution in [2.45, 2.75) is 13.3 Å². The van der Waals surface area contributed by atoms with E-state index in [9.17, 15) is 4.79 Å². The van der Waals surface area contributed by atoms with E-state index in [-0.39, 0.29) is 12.2 Å². The number of aromatic nitrogens is 4. The number of carbonyl (C=O) groups excluding carboxylic acids is 1. The molecule has 0 spiro atoms. The van der Waals surface area contributed by atoms with Crippen molar-refractivity contribution >= 4 is 28.4 Å². The first kappa shape index (κ1) is 13.7. The number of Topliss-reactive ketones (excluding diaryl/α,β-unsaturated/α-hetero) is 1. The Morgan fingerprint density at radius 2 is 2.05 bits per heavy atom. The second kappa shape index (κ2) is 5.26. The number of fused-ring (bicyclic) bond motifs is 1. The Bertz CT molecular complexity index is 836. The van der Waals surface area contributed by atoms with Crippen LogP contribution in [0.3, 0.4) is 0 Å². The quantitative estimate of drug-likeness (QED) is 0.698. The standard InChI is InChI=1S/C15H13ClN4O/c1-9-14(16)12(20(2)19-9)8-13(21)10-4-3-5-11-15(10)18-7-6-17-11/h3-7H,8H2,1-2H3. The van der Waals surface area contributed by atoms with Gasteiger partial charge in [-0.2, -0.15) is 5.10 Å². The summed E-state index contributed by atoms with van der Waals surface area (Å²) in [5.74, 6) is -0.0500. The van der Waals surface area contributed by atoms with Crippen LogP contribution in [0.5, 0.6) is 0 Å². The molecule has 0 aliphatic rings. The molecule has 0 N–H and O–H groups in total. The molecule has 0 aliphatic carbocycles. The van der Waals surface area contributed by atoms with Gasteiger partial charge in [-0.1, -0.05) is 17.7 Å². The van der Waals surface area contributed by atoms with Crippen LogP contribution in [0.25, 0.3) is 11.0 Å². The number of hydrogen-bond acceptors (Lipinski definition) is 4. The second-order valence-corrected chi connectivity index (χ2v) is 5.18. The Kier molecular flexibility index (Phi) is 3.43. The van der Waals surface area contributed by atoms with Crippen LogP contribution in [0.1, 0.15) is 21.7 Å². The van der Waals surface area contributed by atoms with Crippen molar-refractivity contribution in [2.75, 3.05) is 0 Å². The van der Waals surface area contributed by atoms with Gasteiger partial charge in [0.25, 0.3) is 0 Å². The Morgan fingerprint density at radius 3 is 2.76 bits per heavy atom. The fraction of sp³-hybridized carbons (Fsp3) is 0.200. The van der Waals surface area contributed by atoms with Gasteiger partial charge in [0.05, 0.1) is 33.9 Å². The van der Waals surface area contributed by atoms with Crippen molar-refractivity contribution in [3.8, 4) is 0 Å². The molecule has 1 aromatic carbocycles. The van der Waals surface area contributed by atoms with Crippen LogP contribution in [-0.4, -0.2) is 25.5 Å². The minimum absolute atomic E-state index is 0.0500. The molecule has 0 bridgehead atoms. The number of para-hydroxylation sites is 1. The first-order chi connectivity index (χ1) is 10.1. The van der Waals surface area contributed by atoms with Gasteiger partial charge < -0.3 is 0 Å². The zero-order valence-corrected chi connectivity index (χ0v) is 12.4. The molecule has 0 unspecified atom stereocenters. The van der Waals surface area contributed by atoms with Crippen molar-refractivity contribution in [1.82, 2.24) is 19.7 Å². The third kappa shape index (κ3) is 2.40. The summed E-state index contributed by atoms with van der Waals surface area (Å²) in [4.78, 5) is 21.0. The summed E-state index contributed by atoms with van der Waals surface area (Å²) in [6.45, 7) is 1.82. The van der Waals surface area contributed by atoms with Gasteiger partial charge in [-0.25, -0.2) is 0 Å². The number of ketones is 1. The lowest BCUT2D eigenvalue weighted by Gasteiger charge is -2.05. The van der Waals surface area contributed by atoms with E-state index in [1.54, 1.807) is 36.3 Å². The van der Waals surface area contributed by atoms with Gasteiger partial charge in [0.1, 0.15) is 0 Å². The van der Waals surface area contributed by atoms with Crippen LogP contribution in [0.15, 0.2) is 30.6 Å². The first-order valence-electron chi connectivity index (χ1n) is 6.49. The molecule has 0 aliphatic heterocycles. The predicted octanol–water partition coefficient (Wildman–Crippen LogP) is 2.75. The van der Waals surface area contributed by atoms with Crippen LogP contribution in [0.2, 0.25) is 5.02 Å². The molecular weight excluding hydrogens is 288 g/mol. The van der Waals surface area contributed by atoms with E-state index in [2.05, 4.69) is 15.1 Å². The zero-order valence-electron chi connectivity index (χ0n) is 11.7. The average molecular weight is 301 g/mol. The summed E-state index contributed by atoms with van der Waals surface area (Å²) in [6, 6.07) is 5.40. The van der Waals surface area contributed by atoms with Crippen LogP contribution >= 0.6 is 11.6 Å². The number of halogens is 1. The molecule has 5 nitrogen and oxygen atoms in total. The van der Waals surface area contributed by atoms with E-state index in [0.29, 0.717) is 27.3 Å². The maximum Gasteiger partial charge on any atom is 0.171 e. The van der Waals surface area contributed by atoms with E-state index in [1.807, 2.05) is 13.0 Å². The fourth-order valence-electron chi connectivity index (χ4n) is 2.34. The normalized spacial score (nSPS) is 11.0. The molecule has 106 valence electrons. The summed E-state index contributed by atoms with van der Waals surface area (Å²) in [7, 11) is 1.78. The molecule has 0 atom stereocenters. The molecule has 6 heteroatoms. The molecule has 2 aromatic heterocycles. The number of rotatable bonds is 3. The lowest BCUT2D eigenvalue weighted by molar-refractivity contribution is 0.0992. The second-order valence-electron chi connectivity index (χ2n) is 4.80. The number of aryl methyl sites for hydroxylation is 2. The molecule has 21 heavy (non-hydrogen) atoms. The molecule has 0 amide bonds. The summed E-state index contributed by atoms with van der Waals surface area (Å²) in [5.41, 5.74) is 3.30. The number of hydrogen-bond donors (Lipinski definition) is 0. The van der Waals surface area contributed by atoms with Crippen molar-refractivity contribution in [2.24, 2.45) is 7.05 Å². The fourth-order valence-corrected chi connectivity index (χ4v) is 2.56. The molecule has 3 rings (SSSR count). The van der Waals surface area contributed by atoms with E-state index in [4.69, 9.17) is 11.6 Å². The van der Waals surface area contributed by atoms with Crippen LogP contribution < -0.4 is 0 Å². The summed E-state index contributed by atoms with van der Waals surface area (Å²) in [6.07, 6.45) is 3.38. The van der Waals surface area contributed by atoms with Crippen LogP contribution in [-0.2, 0) is 13.5 Å². The van der Waals surface area contributed by atoms with Crippen LogP contribution in [0, 0.1) is 6.92 Å². The summed E-state index contributed by atoms with van der Waals surface area (Å²) >= 11 is 6.20. The lowest BCUT2D eigenvalue weighted by Crippen LogP contribution is -2.09. The third-order valence-electron chi connectivity index (χ3n) is 3.39. The Hall–Kier alpha value is -2.27. The van der Waals surface area contributed by atoms with Crippen molar-refractivity contribution < 1.29 is 4.79 Å². The predicted molar refractivity (Wildman–Crippen MR) is 80.5 cm³/mol. The maximum atomic E-state index is 12.6. The number of nitrogens with zero attached hydrogens (tertiary/aromatic N) is 4.